The number of halogens is 2. The van der Waals surface area contributed by atoms with Crippen LogP contribution in [0.1, 0.15) is 12.0 Å². The summed E-state index contributed by atoms with van der Waals surface area (Å²) in [5.41, 5.74) is 1.22. The third-order valence-corrected chi connectivity index (χ3v) is 3.54. The first-order valence-electron chi connectivity index (χ1n) is 5.98. The van der Waals surface area contributed by atoms with Crippen molar-refractivity contribution in [2.45, 2.75) is 12.8 Å². The summed E-state index contributed by atoms with van der Waals surface area (Å²) in [6.07, 6.45) is 1.44. The van der Waals surface area contributed by atoms with Crippen molar-refractivity contribution in [3.05, 3.63) is 34.3 Å². The van der Waals surface area contributed by atoms with Gasteiger partial charge in [-0.15, -0.1) is 12.4 Å². The Bertz CT molecular complexity index is 377. The minimum atomic E-state index is 0. The highest BCUT2D eigenvalue weighted by Gasteiger charge is 2.15. The molecule has 1 saturated heterocycles. The van der Waals surface area contributed by atoms with Gasteiger partial charge in [-0.2, -0.15) is 0 Å². The highest BCUT2D eigenvalue weighted by atomic mass is 79.9. The maximum atomic E-state index is 11.9. The molecule has 3 nitrogen and oxygen atoms in total. The van der Waals surface area contributed by atoms with Crippen LogP contribution in [0.25, 0.3) is 0 Å². The average molecular weight is 334 g/mol. The zero-order valence-electron chi connectivity index (χ0n) is 10.2. The Morgan fingerprint density at radius 1 is 1.22 bits per heavy atom. The van der Waals surface area contributed by atoms with Gasteiger partial charge in [-0.1, -0.05) is 28.1 Å². The van der Waals surface area contributed by atoms with Crippen LogP contribution in [0.2, 0.25) is 0 Å². The van der Waals surface area contributed by atoms with Crippen molar-refractivity contribution < 1.29 is 4.79 Å². The van der Waals surface area contributed by atoms with Crippen molar-refractivity contribution in [1.82, 2.24) is 10.2 Å². The molecule has 1 heterocycles. The maximum absolute atomic E-state index is 11.9. The Morgan fingerprint density at radius 2 is 1.83 bits per heavy atom. The molecule has 0 unspecified atom stereocenters. The molecule has 1 aromatic carbocycles. The van der Waals surface area contributed by atoms with Crippen LogP contribution in [0.15, 0.2) is 28.7 Å². The van der Waals surface area contributed by atoms with Gasteiger partial charge in [0.25, 0.3) is 0 Å². The fourth-order valence-corrected chi connectivity index (χ4v) is 2.24. The molecule has 0 spiro atoms. The predicted octanol–water partition coefficient (Wildman–Crippen LogP) is 2.24. The van der Waals surface area contributed by atoms with E-state index in [1.807, 2.05) is 17.0 Å². The summed E-state index contributed by atoms with van der Waals surface area (Å²) in [6, 6.07) is 8.17. The molecule has 1 aliphatic heterocycles. The molecular weight excluding hydrogens is 316 g/mol. The van der Waals surface area contributed by atoms with Crippen molar-refractivity contribution in [3.8, 4) is 0 Å². The van der Waals surface area contributed by atoms with E-state index in [9.17, 15) is 4.79 Å². The molecule has 100 valence electrons. The molecule has 2 rings (SSSR count). The van der Waals surface area contributed by atoms with Gasteiger partial charge in [0.2, 0.25) is 5.91 Å². The van der Waals surface area contributed by atoms with Crippen molar-refractivity contribution >= 4 is 34.2 Å². The fourth-order valence-electron chi connectivity index (χ4n) is 1.97. The van der Waals surface area contributed by atoms with Crippen LogP contribution >= 0.6 is 28.3 Å². The number of benzene rings is 1. The third-order valence-electron chi connectivity index (χ3n) is 3.01. The summed E-state index contributed by atoms with van der Waals surface area (Å²) < 4.78 is 1.08. The number of rotatable bonds is 3. The number of carbonyl (C=O) groups excluding carboxylic acids is 1. The molecule has 1 fully saturated rings. The third kappa shape index (κ3) is 4.59. The minimum absolute atomic E-state index is 0. The summed E-state index contributed by atoms with van der Waals surface area (Å²) in [5.74, 6) is 0.273. The molecule has 0 saturated carbocycles. The second-order valence-electron chi connectivity index (χ2n) is 4.26. The second-order valence-corrected chi connectivity index (χ2v) is 5.17. The number of nitrogens with zero attached hydrogens (tertiary/aromatic N) is 1. The van der Waals surface area contributed by atoms with E-state index in [-0.39, 0.29) is 18.3 Å². The minimum Gasteiger partial charge on any atom is -0.340 e. The number of carbonyl (C=O) groups is 1. The highest BCUT2D eigenvalue weighted by Crippen LogP contribution is 2.12. The molecule has 0 aliphatic carbocycles. The molecule has 1 aromatic rings. The van der Waals surface area contributed by atoms with Gasteiger partial charge in [-0.25, -0.2) is 0 Å². The molecule has 1 aliphatic rings. The van der Waals surface area contributed by atoms with Gasteiger partial charge in [0.15, 0.2) is 0 Å². The molecule has 1 N–H and O–H groups in total. The van der Waals surface area contributed by atoms with Gasteiger partial charge in [-0.05, 0) is 24.1 Å². The zero-order chi connectivity index (χ0) is 12.1. The molecule has 0 atom stereocenters. The van der Waals surface area contributed by atoms with Crippen molar-refractivity contribution in [2.24, 2.45) is 0 Å². The molecular formula is C13H18BrClN2O. The average Bonchev–Trinajstić information content (AvgIpc) is 2.39. The summed E-state index contributed by atoms with van der Waals surface area (Å²) in [4.78, 5) is 13.9. The normalized spacial score (nSPS) is 15.1. The molecule has 5 heteroatoms. The highest BCUT2D eigenvalue weighted by molar-refractivity contribution is 9.10. The first-order valence-corrected chi connectivity index (χ1v) is 6.78. The summed E-state index contributed by atoms with van der Waals surface area (Å²) in [5, 5.41) is 3.25. The van der Waals surface area contributed by atoms with Crippen LogP contribution in [-0.2, 0) is 11.2 Å². The lowest BCUT2D eigenvalue weighted by Gasteiger charge is -2.27. The first-order chi connectivity index (χ1) is 8.25. The molecule has 18 heavy (non-hydrogen) atoms. The SMILES string of the molecule is Cl.O=C(CCc1ccc(Br)cc1)N1CCNCC1. The lowest BCUT2D eigenvalue weighted by molar-refractivity contribution is -0.131. The summed E-state index contributed by atoms with van der Waals surface area (Å²) in [7, 11) is 0. The van der Waals surface area contributed by atoms with E-state index in [0.29, 0.717) is 6.42 Å². The van der Waals surface area contributed by atoms with Gasteiger partial charge in [0.1, 0.15) is 0 Å². The Balaban J connectivity index is 0.00000162. The van der Waals surface area contributed by atoms with Crippen LogP contribution in [0.4, 0.5) is 0 Å². The van der Waals surface area contributed by atoms with Gasteiger partial charge >= 0.3 is 0 Å². The van der Waals surface area contributed by atoms with Gasteiger partial charge in [0.05, 0.1) is 0 Å². The van der Waals surface area contributed by atoms with E-state index >= 15 is 0 Å². The first kappa shape index (κ1) is 15.5. The monoisotopic (exact) mass is 332 g/mol. The number of piperazine rings is 1. The van der Waals surface area contributed by atoms with Crippen LogP contribution in [0.3, 0.4) is 0 Å². The van der Waals surface area contributed by atoms with Crippen molar-refractivity contribution in [2.75, 3.05) is 26.2 Å². The lowest BCUT2D eigenvalue weighted by Crippen LogP contribution is -2.46. The van der Waals surface area contributed by atoms with E-state index < -0.39 is 0 Å². The van der Waals surface area contributed by atoms with Gasteiger partial charge < -0.3 is 10.2 Å². The smallest absolute Gasteiger partial charge is 0.222 e. The Kier molecular flexibility index (Phi) is 6.68. The number of amides is 1. The van der Waals surface area contributed by atoms with E-state index in [1.165, 1.54) is 5.56 Å². The van der Waals surface area contributed by atoms with Gasteiger partial charge in [-0.3, -0.25) is 4.79 Å². The van der Waals surface area contributed by atoms with Crippen molar-refractivity contribution in [1.29, 1.82) is 0 Å². The molecule has 1 amide bonds. The zero-order valence-corrected chi connectivity index (χ0v) is 12.6. The van der Waals surface area contributed by atoms with E-state index in [0.717, 1.165) is 37.1 Å². The van der Waals surface area contributed by atoms with Crippen LogP contribution in [-0.4, -0.2) is 37.0 Å². The largest absolute Gasteiger partial charge is 0.340 e. The van der Waals surface area contributed by atoms with Crippen LogP contribution in [0, 0.1) is 0 Å². The molecule has 0 aromatic heterocycles. The standard InChI is InChI=1S/C13H17BrN2O.ClH/c14-12-4-1-11(2-5-12)3-6-13(17)16-9-7-15-8-10-16;/h1-2,4-5,15H,3,6-10H2;1H. The lowest BCUT2D eigenvalue weighted by atomic mass is 10.1. The van der Waals surface area contributed by atoms with E-state index in [2.05, 4.69) is 33.4 Å². The van der Waals surface area contributed by atoms with Crippen LogP contribution < -0.4 is 5.32 Å². The number of hydrogen-bond acceptors (Lipinski definition) is 2. The molecule has 0 radical (unpaired) electrons. The number of aryl methyl sites for hydroxylation is 1. The molecule has 0 bridgehead atoms. The Hall–Kier alpha value is -0.580. The fraction of sp³-hybridized carbons (Fsp3) is 0.462. The van der Waals surface area contributed by atoms with Gasteiger partial charge in [0, 0.05) is 37.1 Å². The maximum Gasteiger partial charge on any atom is 0.222 e. The quantitative estimate of drug-likeness (QED) is 0.920. The number of nitrogens with one attached hydrogen (secondary N) is 1. The topological polar surface area (TPSA) is 32.3 Å². The Labute approximate surface area is 122 Å². The summed E-state index contributed by atoms with van der Waals surface area (Å²) in [6.45, 7) is 3.53. The number of hydrogen-bond donors (Lipinski definition) is 1. The predicted molar refractivity (Wildman–Crippen MR) is 79.2 cm³/mol. The van der Waals surface area contributed by atoms with Crippen molar-refractivity contribution in [3.63, 3.8) is 0 Å². The second kappa shape index (κ2) is 7.77. The van der Waals surface area contributed by atoms with Crippen LogP contribution in [0.5, 0.6) is 0 Å². The van der Waals surface area contributed by atoms with E-state index in [1.54, 1.807) is 0 Å². The van der Waals surface area contributed by atoms with E-state index in [4.69, 9.17) is 0 Å². The Morgan fingerprint density at radius 3 is 2.44 bits per heavy atom. The summed E-state index contributed by atoms with van der Waals surface area (Å²) >= 11 is 3.41.